The van der Waals surface area contributed by atoms with Crippen molar-refractivity contribution >= 4 is 17.6 Å². The average molecular weight is 371 g/mol. The normalized spacial score (nSPS) is 23.6. The number of benzene rings is 2. The molecule has 0 radical (unpaired) electrons. The first-order chi connectivity index (χ1) is 12.7. The van der Waals surface area contributed by atoms with Crippen LogP contribution in [0.4, 0.5) is 0 Å². The second-order valence-electron chi connectivity index (χ2n) is 6.41. The molecule has 26 heavy (non-hydrogen) atoms. The number of ether oxygens (including phenoxy) is 3. The van der Waals surface area contributed by atoms with Gasteiger partial charge in [0.15, 0.2) is 0 Å². The van der Waals surface area contributed by atoms with Crippen LogP contribution in [-0.2, 0) is 20.7 Å². The fourth-order valence-electron chi connectivity index (χ4n) is 3.56. The lowest BCUT2D eigenvalue weighted by Crippen LogP contribution is -2.42. The molecule has 0 spiro atoms. The summed E-state index contributed by atoms with van der Waals surface area (Å²) in [5.41, 5.74) is 2.21. The third-order valence-corrected chi connectivity index (χ3v) is 5.04. The van der Waals surface area contributed by atoms with Gasteiger partial charge in [-0.1, -0.05) is 41.9 Å². The van der Waals surface area contributed by atoms with Gasteiger partial charge in [0.1, 0.15) is 5.75 Å². The van der Waals surface area contributed by atoms with Gasteiger partial charge in [0, 0.05) is 16.9 Å². The summed E-state index contributed by atoms with van der Waals surface area (Å²) < 4.78 is 17.1. The third kappa shape index (κ3) is 3.17. The first kappa shape index (κ1) is 17.0. The van der Waals surface area contributed by atoms with E-state index < -0.39 is 12.3 Å². The molecule has 2 heterocycles. The number of allylic oxidation sites excluding steroid dienone is 1. The second-order valence-corrected chi connectivity index (χ2v) is 6.84. The molecule has 5 heteroatoms. The molecular weight excluding hydrogens is 352 g/mol. The molecule has 4 nitrogen and oxygen atoms in total. The molecule has 0 aromatic heterocycles. The van der Waals surface area contributed by atoms with Gasteiger partial charge < -0.3 is 14.2 Å². The second kappa shape index (κ2) is 7.04. The maximum Gasteiger partial charge on any atom is 0.373 e. The summed E-state index contributed by atoms with van der Waals surface area (Å²) >= 11 is 6.04. The zero-order chi connectivity index (χ0) is 18.1. The zero-order valence-corrected chi connectivity index (χ0v) is 15.1. The molecule has 2 aliphatic rings. The van der Waals surface area contributed by atoms with Gasteiger partial charge >= 0.3 is 5.97 Å². The summed E-state index contributed by atoms with van der Waals surface area (Å²) in [6.07, 6.45) is 2.12. The van der Waals surface area contributed by atoms with Crippen molar-refractivity contribution in [3.8, 4) is 5.75 Å². The maximum atomic E-state index is 12.3. The first-order valence-electron chi connectivity index (χ1n) is 8.71. The van der Waals surface area contributed by atoms with Crippen molar-refractivity contribution in [3.05, 3.63) is 76.5 Å². The van der Waals surface area contributed by atoms with Crippen LogP contribution in [-0.4, -0.2) is 18.9 Å². The summed E-state index contributed by atoms with van der Waals surface area (Å²) in [6.45, 7) is 2.07. The van der Waals surface area contributed by atoms with Crippen LogP contribution in [0, 0.1) is 5.92 Å². The third-order valence-electron chi connectivity index (χ3n) is 4.79. The number of para-hydroxylation sites is 1. The Morgan fingerprint density at radius 2 is 1.92 bits per heavy atom. The summed E-state index contributed by atoms with van der Waals surface area (Å²) in [4.78, 5) is 12.3. The van der Waals surface area contributed by atoms with Gasteiger partial charge in [0.25, 0.3) is 0 Å². The van der Waals surface area contributed by atoms with Gasteiger partial charge in [-0.3, -0.25) is 0 Å². The lowest BCUT2D eigenvalue weighted by molar-refractivity contribution is -0.156. The zero-order valence-electron chi connectivity index (χ0n) is 14.4. The lowest BCUT2D eigenvalue weighted by atomic mass is 9.78. The monoisotopic (exact) mass is 370 g/mol. The summed E-state index contributed by atoms with van der Waals surface area (Å²) in [5.74, 6) is 0.566. The number of hydrogen-bond acceptors (Lipinski definition) is 4. The van der Waals surface area contributed by atoms with E-state index in [0.29, 0.717) is 11.6 Å². The van der Waals surface area contributed by atoms with Crippen LogP contribution in [0.1, 0.15) is 24.0 Å². The van der Waals surface area contributed by atoms with Crippen LogP contribution in [0.5, 0.6) is 5.75 Å². The van der Waals surface area contributed by atoms with Crippen LogP contribution in [0.15, 0.2) is 60.4 Å². The minimum absolute atomic E-state index is 0.0289. The fourth-order valence-corrected chi connectivity index (χ4v) is 3.68. The number of fused-ring (bicyclic) bond motifs is 2. The number of rotatable bonds is 3. The smallest absolute Gasteiger partial charge is 0.373 e. The van der Waals surface area contributed by atoms with Crippen molar-refractivity contribution in [1.29, 1.82) is 0 Å². The quantitative estimate of drug-likeness (QED) is 0.747. The van der Waals surface area contributed by atoms with E-state index in [0.717, 1.165) is 23.3 Å². The number of esters is 1. The molecule has 0 bridgehead atoms. The largest absolute Gasteiger partial charge is 0.460 e. The van der Waals surface area contributed by atoms with Crippen LogP contribution in [0.25, 0.3) is 0 Å². The molecule has 0 N–H and O–H groups in total. The molecule has 3 atom stereocenters. The highest BCUT2D eigenvalue weighted by Crippen LogP contribution is 2.43. The molecule has 0 amide bonds. The van der Waals surface area contributed by atoms with Gasteiger partial charge in [-0.25, -0.2) is 4.79 Å². The number of halogens is 1. The van der Waals surface area contributed by atoms with E-state index in [1.165, 1.54) is 0 Å². The van der Waals surface area contributed by atoms with Crippen molar-refractivity contribution in [3.63, 3.8) is 0 Å². The molecule has 4 rings (SSSR count). The predicted octanol–water partition coefficient (Wildman–Crippen LogP) is 4.48. The van der Waals surface area contributed by atoms with Gasteiger partial charge in [-0.05, 0) is 48.7 Å². The predicted molar refractivity (Wildman–Crippen MR) is 98.0 cm³/mol. The SMILES string of the molecule is CCOC(=O)C1=C[C@H](c2ccc(Cl)cc2)[C@H]2Cc3ccccc3O[C@H]2O1. The highest BCUT2D eigenvalue weighted by molar-refractivity contribution is 6.30. The minimum atomic E-state index is -0.532. The molecule has 0 unspecified atom stereocenters. The van der Waals surface area contributed by atoms with E-state index >= 15 is 0 Å². The number of hydrogen-bond donors (Lipinski definition) is 0. The maximum absolute atomic E-state index is 12.3. The molecular formula is C21H19ClO4. The molecule has 0 saturated carbocycles. The van der Waals surface area contributed by atoms with E-state index in [-0.39, 0.29) is 17.6 Å². The Balaban J connectivity index is 1.73. The van der Waals surface area contributed by atoms with E-state index in [1.807, 2.05) is 48.5 Å². The Hall–Kier alpha value is -2.46. The first-order valence-corrected chi connectivity index (χ1v) is 9.09. The van der Waals surface area contributed by atoms with Crippen molar-refractivity contribution < 1.29 is 19.0 Å². The Morgan fingerprint density at radius 1 is 1.15 bits per heavy atom. The summed E-state index contributed by atoms with van der Waals surface area (Å²) in [7, 11) is 0. The van der Waals surface area contributed by atoms with Crippen LogP contribution in [0.3, 0.4) is 0 Å². The van der Waals surface area contributed by atoms with Crippen molar-refractivity contribution in [2.75, 3.05) is 6.61 Å². The van der Waals surface area contributed by atoms with Crippen molar-refractivity contribution in [2.24, 2.45) is 5.92 Å². The Kier molecular flexibility index (Phi) is 4.60. The number of carbonyl (C=O) groups is 1. The fraction of sp³-hybridized carbons (Fsp3) is 0.286. The molecule has 2 aliphatic heterocycles. The van der Waals surface area contributed by atoms with Crippen molar-refractivity contribution in [1.82, 2.24) is 0 Å². The van der Waals surface area contributed by atoms with E-state index in [1.54, 1.807) is 6.92 Å². The van der Waals surface area contributed by atoms with Crippen LogP contribution < -0.4 is 4.74 Å². The Labute approximate surface area is 157 Å². The minimum Gasteiger partial charge on any atom is -0.460 e. The Morgan fingerprint density at radius 3 is 2.69 bits per heavy atom. The molecule has 0 saturated heterocycles. The van der Waals surface area contributed by atoms with Gasteiger partial charge in [0.05, 0.1) is 6.61 Å². The highest BCUT2D eigenvalue weighted by Gasteiger charge is 2.42. The van der Waals surface area contributed by atoms with Gasteiger partial charge in [-0.2, -0.15) is 0 Å². The molecule has 134 valence electrons. The summed E-state index contributed by atoms with van der Waals surface area (Å²) in [5, 5.41) is 0.678. The topological polar surface area (TPSA) is 44.8 Å². The van der Waals surface area contributed by atoms with Gasteiger partial charge in [-0.15, -0.1) is 0 Å². The average Bonchev–Trinajstić information content (AvgIpc) is 2.66. The lowest BCUT2D eigenvalue weighted by Gasteiger charge is -2.40. The van der Waals surface area contributed by atoms with Gasteiger partial charge in [0.2, 0.25) is 12.0 Å². The molecule has 2 aromatic rings. The highest BCUT2D eigenvalue weighted by atomic mass is 35.5. The van der Waals surface area contributed by atoms with Crippen molar-refractivity contribution in [2.45, 2.75) is 25.6 Å². The van der Waals surface area contributed by atoms with Crippen LogP contribution >= 0.6 is 11.6 Å². The molecule has 0 aliphatic carbocycles. The number of carbonyl (C=O) groups excluding carboxylic acids is 1. The molecule has 2 aromatic carbocycles. The summed E-state index contributed by atoms with van der Waals surface area (Å²) in [6, 6.07) is 15.6. The standard InChI is InChI=1S/C21H19ClO4/c1-2-24-20(23)19-12-16(13-7-9-15(22)10-8-13)17-11-14-5-3-4-6-18(14)25-21(17)26-19/h3-10,12,16-17,21H,2,11H2,1H3/t16-,17-,21+/m1/s1. The van der Waals surface area contributed by atoms with Crippen LogP contribution in [0.2, 0.25) is 5.02 Å². The molecule has 0 fully saturated rings. The van der Waals surface area contributed by atoms with E-state index in [4.69, 9.17) is 25.8 Å². The van der Waals surface area contributed by atoms with E-state index in [9.17, 15) is 4.79 Å². The Bertz CT molecular complexity index is 843. The van der Waals surface area contributed by atoms with E-state index in [2.05, 4.69) is 6.07 Å².